The third kappa shape index (κ3) is 1.21. The van der Waals surface area contributed by atoms with Crippen molar-refractivity contribution < 1.29 is 0 Å². The van der Waals surface area contributed by atoms with Gasteiger partial charge in [0, 0.05) is 7.05 Å². The van der Waals surface area contributed by atoms with E-state index < -0.39 is 0 Å². The lowest BCUT2D eigenvalue weighted by atomic mass is 10.7. The maximum Gasteiger partial charge on any atom is 0.142 e. The Morgan fingerprint density at radius 1 is 1.67 bits per heavy atom. The maximum absolute atomic E-state index is 5.79. The Bertz CT molecular complexity index is 209. The summed E-state index contributed by atoms with van der Waals surface area (Å²) in [5, 5.41) is 0.716. The Morgan fingerprint density at radius 3 is 2.33 bits per heavy atom. The molecule has 1 aromatic rings. The highest BCUT2D eigenvalue weighted by molar-refractivity contribution is 14.1. The number of hydrogen-bond acceptors (Lipinski definition) is 1. The van der Waals surface area contributed by atoms with Crippen LogP contribution in [0.1, 0.15) is 5.82 Å². The maximum atomic E-state index is 5.79. The van der Waals surface area contributed by atoms with Gasteiger partial charge in [-0.15, -0.1) is 0 Å². The largest absolute Gasteiger partial charge is 0.322 e. The first-order valence-corrected chi connectivity index (χ1v) is 3.93. The summed E-state index contributed by atoms with van der Waals surface area (Å²) in [6.07, 6.45) is 0. The lowest BCUT2D eigenvalue weighted by molar-refractivity contribution is 0.859. The van der Waals surface area contributed by atoms with Crippen LogP contribution < -0.4 is 0 Å². The van der Waals surface area contributed by atoms with Gasteiger partial charge in [0.1, 0.15) is 14.7 Å². The van der Waals surface area contributed by atoms with Crippen molar-refractivity contribution in [3.8, 4) is 0 Å². The van der Waals surface area contributed by atoms with Gasteiger partial charge in [-0.05, 0) is 29.5 Å². The molecule has 0 bridgehead atoms. The van der Waals surface area contributed by atoms with E-state index in [1.54, 1.807) is 0 Å². The van der Waals surface area contributed by atoms with Crippen molar-refractivity contribution in [3.05, 3.63) is 14.7 Å². The van der Waals surface area contributed by atoms with E-state index in [-0.39, 0.29) is 0 Å². The molecule has 0 atom stereocenters. The van der Waals surface area contributed by atoms with Crippen molar-refractivity contribution in [1.82, 2.24) is 9.55 Å². The van der Waals surface area contributed by atoms with E-state index in [4.69, 9.17) is 11.6 Å². The summed E-state index contributed by atoms with van der Waals surface area (Å²) in [6.45, 7) is 1.92. The molecular formula is C5H6ClIN2. The van der Waals surface area contributed by atoms with Gasteiger partial charge in [0.05, 0.1) is 0 Å². The van der Waals surface area contributed by atoms with Crippen LogP contribution in [-0.4, -0.2) is 9.55 Å². The Hall–Kier alpha value is 0.230. The van der Waals surface area contributed by atoms with Crippen molar-refractivity contribution in [2.24, 2.45) is 7.05 Å². The molecule has 0 saturated carbocycles. The fourth-order valence-electron chi connectivity index (χ4n) is 0.544. The smallest absolute Gasteiger partial charge is 0.142 e. The van der Waals surface area contributed by atoms with E-state index >= 15 is 0 Å². The van der Waals surface area contributed by atoms with E-state index in [0.29, 0.717) is 5.15 Å². The van der Waals surface area contributed by atoms with Gasteiger partial charge in [-0.3, -0.25) is 0 Å². The summed E-state index contributed by atoms with van der Waals surface area (Å²) in [5.41, 5.74) is 0. The number of imidazole rings is 1. The Morgan fingerprint density at radius 2 is 2.22 bits per heavy atom. The van der Waals surface area contributed by atoms with Crippen molar-refractivity contribution in [2.45, 2.75) is 6.92 Å². The van der Waals surface area contributed by atoms with E-state index in [1.807, 2.05) is 18.5 Å². The highest BCUT2D eigenvalue weighted by Gasteiger charge is 2.04. The molecule has 0 aliphatic rings. The van der Waals surface area contributed by atoms with Gasteiger partial charge in [-0.2, -0.15) is 0 Å². The second kappa shape index (κ2) is 2.46. The zero-order valence-electron chi connectivity index (χ0n) is 5.15. The van der Waals surface area contributed by atoms with Crippen LogP contribution in [0.5, 0.6) is 0 Å². The molecule has 0 N–H and O–H groups in total. The Balaban J connectivity index is 3.29. The van der Waals surface area contributed by atoms with Gasteiger partial charge in [0.2, 0.25) is 0 Å². The van der Waals surface area contributed by atoms with Crippen LogP contribution in [0.3, 0.4) is 0 Å². The molecule has 1 rings (SSSR count). The Kier molecular flexibility index (Phi) is 2.00. The van der Waals surface area contributed by atoms with Crippen LogP contribution in [-0.2, 0) is 7.05 Å². The molecule has 0 spiro atoms. The van der Waals surface area contributed by atoms with Crippen molar-refractivity contribution in [1.29, 1.82) is 0 Å². The van der Waals surface area contributed by atoms with Gasteiger partial charge >= 0.3 is 0 Å². The first-order valence-electron chi connectivity index (χ1n) is 2.47. The lowest BCUT2D eigenvalue weighted by Gasteiger charge is -1.92. The molecule has 0 aromatic carbocycles. The molecule has 0 amide bonds. The summed E-state index contributed by atoms with van der Waals surface area (Å²) in [5.74, 6) is 0.949. The minimum atomic E-state index is 0.716. The van der Waals surface area contributed by atoms with Gasteiger partial charge < -0.3 is 4.57 Å². The van der Waals surface area contributed by atoms with Gasteiger partial charge in [0.15, 0.2) is 0 Å². The zero-order valence-corrected chi connectivity index (χ0v) is 8.06. The summed E-state index contributed by atoms with van der Waals surface area (Å²) >= 11 is 7.90. The van der Waals surface area contributed by atoms with Crippen LogP contribution in [0.2, 0.25) is 5.15 Å². The summed E-state index contributed by atoms with van der Waals surface area (Å²) in [4.78, 5) is 4.13. The number of aryl methyl sites for hydroxylation is 1. The standard InChI is InChI=1S/C5H6ClIN2/c1-3-8-5(7)4(6)9(3)2/h1-2H3. The quantitative estimate of drug-likeness (QED) is 0.649. The van der Waals surface area contributed by atoms with E-state index in [1.165, 1.54) is 0 Å². The van der Waals surface area contributed by atoms with Crippen molar-refractivity contribution in [3.63, 3.8) is 0 Å². The fourth-order valence-corrected chi connectivity index (χ4v) is 1.42. The van der Waals surface area contributed by atoms with E-state index in [0.717, 1.165) is 9.53 Å². The molecule has 50 valence electrons. The topological polar surface area (TPSA) is 17.8 Å². The minimum absolute atomic E-state index is 0.716. The molecule has 0 saturated heterocycles. The molecule has 4 heteroatoms. The third-order valence-electron chi connectivity index (χ3n) is 1.21. The molecule has 9 heavy (non-hydrogen) atoms. The molecule has 0 aliphatic heterocycles. The second-order valence-electron chi connectivity index (χ2n) is 1.80. The average molecular weight is 256 g/mol. The lowest BCUT2D eigenvalue weighted by Crippen LogP contribution is -1.89. The molecule has 1 aromatic heterocycles. The number of hydrogen-bond donors (Lipinski definition) is 0. The summed E-state index contributed by atoms with van der Waals surface area (Å²) in [6, 6.07) is 0. The van der Waals surface area contributed by atoms with Crippen LogP contribution >= 0.6 is 34.2 Å². The second-order valence-corrected chi connectivity index (χ2v) is 3.18. The predicted molar refractivity (Wildman–Crippen MR) is 45.7 cm³/mol. The van der Waals surface area contributed by atoms with Crippen LogP contribution in [0, 0.1) is 10.6 Å². The first kappa shape index (κ1) is 7.34. The number of nitrogens with zero attached hydrogens (tertiary/aromatic N) is 2. The molecule has 0 unspecified atom stereocenters. The molecular weight excluding hydrogens is 250 g/mol. The van der Waals surface area contributed by atoms with Gasteiger partial charge in [0.25, 0.3) is 0 Å². The first-order chi connectivity index (χ1) is 4.13. The fraction of sp³-hybridized carbons (Fsp3) is 0.400. The highest BCUT2D eigenvalue weighted by atomic mass is 127. The van der Waals surface area contributed by atoms with Crippen LogP contribution in [0.15, 0.2) is 0 Å². The Labute approximate surface area is 72.4 Å². The monoisotopic (exact) mass is 256 g/mol. The number of halogens is 2. The zero-order chi connectivity index (χ0) is 7.02. The molecule has 1 heterocycles. The third-order valence-corrected chi connectivity index (χ3v) is 2.71. The molecule has 2 nitrogen and oxygen atoms in total. The average Bonchev–Trinajstić information content (AvgIpc) is 1.98. The number of aromatic nitrogens is 2. The SMILES string of the molecule is Cc1nc(I)c(Cl)n1C. The molecule has 0 fully saturated rings. The van der Waals surface area contributed by atoms with Crippen LogP contribution in [0.4, 0.5) is 0 Å². The van der Waals surface area contributed by atoms with Crippen LogP contribution in [0.25, 0.3) is 0 Å². The van der Waals surface area contributed by atoms with Crippen molar-refractivity contribution in [2.75, 3.05) is 0 Å². The van der Waals surface area contributed by atoms with Gasteiger partial charge in [-0.1, -0.05) is 11.6 Å². The summed E-state index contributed by atoms with van der Waals surface area (Å²) in [7, 11) is 1.90. The molecule has 0 aliphatic carbocycles. The predicted octanol–water partition coefficient (Wildman–Crippen LogP) is 1.99. The number of rotatable bonds is 0. The van der Waals surface area contributed by atoms with Crippen molar-refractivity contribution >= 4 is 34.2 Å². The normalized spacial score (nSPS) is 10.2. The van der Waals surface area contributed by atoms with Gasteiger partial charge in [-0.25, -0.2) is 4.98 Å². The van der Waals surface area contributed by atoms with E-state index in [9.17, 15) is 0 Å². The summed E-state index contributed by atoms with van der Waals surface area (Å²) < 4.78 is 2.72. The minimum Gasteiger partial charge on any atom is -0.322 e. The highest BCUT2D eigenvalue weighted by Crippen LogP contribution is 2.17. The van der Waals surface area contributed by atoms with E-state index in [2.05, 4.69) is 27.6 Å². The molecule has 0 radical (unpaired) electrons.